The largest absolute Gasteiger partial charge is 0.542 e. The van der Waals surface area contributed by atoms with Crippen LogP contribution in [0.5, 0.6) is 0 Å². The number of aliphatic carboxylic acids is 1. The molecular weight excluding hydrogens is 495 g/mol. The molecule has 1 aromatic carbocycles. The fourth-order valence-electron chi connectivity index (χ4n) is 5.08. The lowest BCUT2D eigenvalue weighted by atomic mass is 9.80. The van der Waals surface area contributed by atoms with Crippen LogP contribution in [0.2, 0.25) is 0 Å². The van der Waals surface area contributed by atoms with E-state index in [9.17, 15) is 23.1 Å². The number of nitrogens with zero attached hydrogens (tertiary/aromatic N) is 2. The van der Waals surface area contributed by atoms with Gasteiger partial charge in [0.1, 0.15) is 5.97 Å². The van der Waals surface area contributed by atoms with Gasteiger partial charge in [0.25, 0.3) is 5.91 Å². The second-order valence-electron chi connectivity index (χ2n) is 9.21. The molecule has 2 bridgehead atoms. The number of carbonyl (C=O) groups is 2. The van der Waals surface area contributed by atoms with Gasteiger partial charge in [0, 0.05) is 25.7 Å². The molecule has 7 nitrogen and oxygen atoms in total. The van der Waals surface area contributed by atoms with Crippen molar-refractivity contribution in [2.24, 2.45) is 5.92 Å². The smallest absolute Gasteiger partial charge is 0.430 e. The number of thiophene rings is 1. The molecule has 1 unspecified atom stereocenters. The lowest BCUT2D eigenvalue weighted by Gasteiger charge is -2.53. The molecule has 1 amide bonds. The molecule has 0 radical (unpaired) electrons. The van der Waals surface area contributed by atoms with Gasteiger partial charge in [-0.1, -0.05) is 36.4 Å². The molecule has 3 aliphatic rings. The van der Waals surface area contributed by atoms with E-state index in [2.05, 4.69) is 11.4 Å². The van der Waals surface area contributed by atoms with Crippen molar-refractivity contribution in [2.75, 3.05) is 26.2 Å². The molecule has 5 rings (SSSR count). The molecule has 36 heavy (non-hydrogen) atoms. The minimum atomic E-state index is -5.19. The van der Waals surface area contributed by atoms with Crippen molar-refractivity contribution < 1.29 is 37.5 Å². The number of quaternary nitrogens is 1. The number of unbranched alkanes of at least 4 members (excludes halogenated alkanes) is 1. The second kappa shape index (κ2) is 11.4. The van der Waals surface area contributed by atoms with Crippen LogP contribution in [0.25, 0.3) is 0 Å². The fourth-order valence-corrected chi connectivity index (χ4v) is 5.92. The molecule has 11 heteroatoms. The van der Waals surface area contributed by atoms with Gasteiger partial charge in [-0.15, -0.1) is 11.3 Å². The van der Waals surface area contributed by atoms with Crippen molar-refractivity contribution in [3.05, 3.63) is 58.3 Å². The Balaban J connectivity index is 0.000000454. The number of benzene rings is 1. The quantitative estimate of drug-likeness (QED) is 0.427. The summed E-state index contributed by atoms with van der Waals surface area (Å²) in [7, 11) is 0. The van der Waals surface area contributed by atoms with Gasteiger partial charge in [-0.3, -0.25) is 4.79 Å². The Morgan fingerprint density at radius 1 is 1.17 bits per heavy atom. The summed E-state index contributed by atoms with van der Waals surface area (Å²) >= 11 is 1.40. The summed E-state index contributed by atoms with van der Waals surface area (Å²) in [6, 6.07) is 15.2. The van der Waals surface area contributed by atoms with Crippen LogP contribution >= 0.6 is 11.3 Å². The molecule has 2 N–H and O–H groups in total. The number of rotatable bonds is 7. The van der Waals surface area contributed by atoms with Crippen molar-refractivity contribution in [3.63, 3.8) is 0 Å². The minimum Gasteiger partial charge on any atom is -0.542 e. The van der Waals surface area contributed by atoms with E-state index in [0.717, 1.165) is 49.9 Å². The fraction of sp³-hybridized carbons (Fsp3) is 0.480. The molecule has 194 valence electrons. The number of halogens is 3. The van der Waals surface area contributed by atoms with Gasteiger partial charge in [0.15, 0.2) is 0 Å². The van der Waals surface area contributed by atoms with Crippen LogP contribution in [0.4, 0.5) is 13.2 Å². The van der Waals surface area contributed by atoms with Gasteiger partial charge in [-0.25, -0.2) is 0 Å². The molecule has 3 fully saturated rings. The van der Waals surface area contributed by atoms with Crippen LogP contribution in [0, 0.1) is 17.2 Å². The topological polar surface area (TPSA) is 113 Å². The van der Waals surface area contributed by atoms with Crippen molar-refractivity contribution in [2.45, 2.75) is 43.5 Å². The highest BCUT2D eigenvalue weighted by Crippen LogP contribution is 2.37. The zero-order valence-corrected chi connectivity index (χ0v) is 20.4. The van der Waals surface area contributed by atoms with Gasteiger partial charge in [0.2, 0.25) is 5.60 Å². The number of fused-ring (bicyclic) bond motifs is 3. The van der Waals surface area contributed by atoms with E-state index in [1.807, 2.05) is 47.8 Å². The molecule has 1 aromatic heterocycles. The van der Waals surface area contributed by atoms with Crippen LogP contribution in [-0.4, -0.2) is 59.9 Å². The number of carboxylic acids is 1. The lowest BCUT2D eigenvalue weighted by Crippen LogP contribution is -2.68. The van der Waals surface area contributed by atoms with Crippen LogP contribution in [0.3, 0.4) is 0 Å². The number of aliphatic hydroxyl groups is 1. The maximum Gasteiger partial charge on any atom is 0.430 e. The Morgan fingerprint density at radius 3 is 2.33 bits per heavy atom. The zero-order valence-electron chi connectivity index (χ0n) is 19.5. The Bertz CT molecular complexity index is 1060. The molecule has 2 aromatic rings. The standard InChI is InChI=1S/C23H27N3O2S.C2HF3O2/c24-12-4-5-13-26-14-10-18(11-15-26)20(17-26)25-22(27)23(28,21-9-6-16-29-21)19-7-2-1-3-8-19;3-2(4,5)1(6)7/h1-3,6-9,16,18,20,28H,4-5,10-11,13-15,17H2;(H,6,7)/t18?,20-,23?,26?;/m0./s1. The number of hydrogen-bond donors (Lipinski definition) is 2. The lowest BCUT2D eigenvalue weighted by molar-refractivity contribution is -0.944. The monoisotopic (exact) mass is 523 g/mol. The van der Waals surface area contributed by atoms with Gasteiger partial charge < -0.3 is 24.8 Å². The van der Waals surface area contributed by atoms with Crippen LogP contribution < -0.4 is 10.4 Å². The number of nitriles is 1. The van der Waals surface area contributed by atoms with E-state index in [0.29, 0.717) is 22.8 Å². The number of amides is 1. The summed E-state index contributed by atoms with van der Waals surface area (Å²) in [4.78, 5) is 22.9. The average molecular weight is 524 g/mol. The third kappa shape index (κ3) is 6.24. The van der Waals surface area contributed by atoms with Gasteiger partial charge in [0.05, 0.1) is 43.2 Å². The molecule has 3 aliphatic heterocycles. The molecule has 4 heterocycles. The number of carbonyl (C=O) groups excluding carboxylic acids is 2. The number of piperidine rings is 3. The molecule has 0 aliphatic carbocycles. The SMILES string of the molecule is N#CCCC[N+]12CCC(CC1)[C@@H](NC(=O)C(O)(c1ccccc1)c1cccs1)C2.O=C([O-])C(F)(F)F. The number of carboxylic acid groups (broad SMARTS) is 1. The normalized spacial score (nSPS) is 24.5. The van der Waals surface area contributed by atoms with Crippen molar-refractivity contribution in [1.82, 2.24) is 5.32 Å². The van der Waals surface area contributed by atoms with Crippen LogP contribution in [-0.2, 0) is 15.2 Å². The van der Waals surface area contributed by atoms with E-state index >= 15 is 0 Å². The van der Waals surface area contributed by atoms with Gasteiger partial charge >= 0.3 is 6.18 Å². The Hall–Kier alpha value is -2.94. The third-order valence-electron chi connectivity index (χ3n) is 6.97. The first kappa shape index (κ1) is 27.6. The first-order chi connectivity index (χ1) is 17.0. The van der Waals surface area contributed by atoms with E-state index < -0.39 is 17.7 Å². The Kier molecular flexibility index (Phi) is 8.76. The zero-order chi connectivity index (χ0) is 26.4. The van der Waals surface area contributed by atoms with Crippen LogP contribution in [0.15, 0.2) is 47.8 Å². The second-order valence-corrected chi connectivity index (χ2v) is 10.2. The highest BCUT2D eigenvalue weighted by molar-refractivity contribution is 7.10. The molecule has 0 spiro atoms. The first-order valence-electron chi connectivity index (χ1n) is 11.6. The van der Waals surface area contributed by atoms with E-state index in [1.54, 1.807) is 0 Å². The van der Waals surface area contributed by atoms with E-state index in [-0.39, 0.29) is 11.9 Å². The first-order valence-corrected chi connectivity index (χ1v) is 12.5. The van der Waals surface area contributed by atoms with Crippen molar-refractivity contribution in [3.8, 4) is 6.07 Å². The Morgan fingerprint density at radius 2 is 1.81 bits per heavy atom. The summed E-state index contributed by atoms with van der Waals surface area (Å²) in [6.45, 7) is 4.17. The van der Waals surface area contributed by atoms with Gasteiger partial charge in [-0.2, -0.15) is 18.4 Å². The van der Waals surface area contributed by atoms with Crippen molar-refractivity contribution in [1.29, 1.82) is 5.26 Å². The number of hydrogen-bond acceptors (Lipinski definition) is 6. The van der Waals surface area contributed by atoms with E-state index in [1.165, 1.54) is 11.3 Å². The molecular formula is C25H28F3N3O4S. The highest BCUT2D eigenvalue weighted by Gasteiger charge is 2.49. The average Bonchev–Trinajstić information content (AvgIpc) is 3.40. The predicted molar refractivity (Wildman–Crippen MR) is 124 cm³/mol. The maximum absolute atomic E-state index is 13.5. The summed E-state index contributed by atoms with van der Waals surface area (Å²) in [5, 5.41) is 34.4. The summed E-state index contributed by atoms with van der Waals surface area (Å²) < 4.78 is 32.5. The highest BCUT2D eigenvalue weighted by atomic mass is 32.1. The predicted octanol–water partition coefficient (Wildman–Crippen LogP) is 2.31. The van der Waals surface area contributed by atoms with Gasteiger partial charge in [-0.05, 0) is 22.9 Å². The van der Waals surface area contributed by atoms with E-state index in [4.69, 9.17) is 15.2 Å². The molecule has 3 saturated heterocycles. The molecule has 0 saturated carbocycles. The summed E-state index contributed by atoms with van der Waals surface area (Å²) in [6.07, 6.45) is -1.50. The maximum atomic E-state index is 13.5. The third-order valence-corrected chi connectivity index (χ3v) is 7.95. The summed E-state index contributed by atoms with van der Waals surface area (Å²) in [5.74, 6) is -2.87. The minimum absolute atomic E-state index is 0.0716. The summed E-state index contributed by atoms with van der Waals surface area (Å²) in [5.41, 5.74) is -1.08. The Labute approximate surface area is 211 Å². The molecule has 2 atom stereocenters. The number of nitrogens with one attached hydrogen (secondary N) is 1. The van der Waals surface area contributed by atoms with Crippen LogP contribution in [0.1, 0.15) is 36.1 Å². The number of alkyl halides is 3. The van der Waals surface area contributed by atoms with Crippen molar-refractivity contribution >= 4 is 23.2 Å².